The third-order valence-electron chi connectivity index (χ3n) is 5.76. The Labute approximate surface area is 144 Å². The second kappa shape index (κ2) is 5.84. The van der Waals surface area contributed by atoms with E-state index >= 15 is 0 Å². The zero-order chi connectivity index (χ0) is 16.6. The molecule has 0 saturated carbocycles. The van der Waals surface area contributed by atoms with Crippen LogP contribution in [0.25, 0.3) is 11.1 Å². The molecule has 0 radical (unpaired) electrons. The van der Waals surface area contributed by atoms with E-state index in [0.717, 1.165) is 19.3 Å². The van der Waals surface area contributed by atoms with Crippen molar-refractivity contribution in [1.82, 2.24) is 0 Å². The number of rotatable bonds is 4. The molecule has 0 heterocycles. The van der Waals surface area contributed by atoms with Crippen LogP contribution in [0.5, 0.6) is 0 Å². The summed E-state index contributed by atoms with van der Waals surface area (Å²) in [6, 6.07) is 17.8. The van der Waals surface area contributed by atoms with Crippen LogP contribution in [0.15, 0.2) is 72.3 Å². The van der Waals surface area contributed by atoms with Crippen LogP contribution >= 0.6 is 0 Å². The van der Waals surface area contributed by atoms with Gasteiger partial charge in [-0.25, -0.2) is 0 Å². The first-order valence-electron chi connectivity index (χ1n) is 8.73. The standard InChI is InChI=1S/C24H22/c1-3-4-17-24(2,18-11-5-6-12-18)23-21-15-9-7-13-19(21)20-14-8-10-16-22(20)23/h1,5-11,13-16,23H,4,12,17H2,2H3. The highest BCUT2D eigenvalue weighted by Crippen LogP contribution is 2.57. The Morgan fingerprint density at radius 3 is 2.21 bits per heavy atom. The molecule has 1 unspecified atom stereocenters. The maximum absolute atomic E-state index is 5.64. The topological polar surface area (TPSA) is 0 Å². The summed E-state index contributed by atoms with van der Waals surface area (Å²) >= 11 is 0. The summed E-state index contributed by atoms with van der Waals surface area (Å²) in [6.07, 6.45) is 15.3. The van der Waals surface area contributed by atoms with Gasteiger partial charge in [-0.3, -0.25) is 0 Å². The van der Waals surface area contributed by atoms with E-state index in [2.05, 4.69) is 79.6 Å². The Bertz CT molecular complexity index is 829. The van der Waals surface area contributed by atoms with Gasteiger partial charge in [0.1, 0.15) is 0 Å². The molecular weight excluding hydrogens is 288 g/mol. The number of allylic oxidation sites excluding steroid dienone is 4. The molecule has 0 spiro atoms. The highest BCUT2D eigenvalue weighted by Gasteiger charge is 2.43. The predicted octanol–water partition coefficient (Wildman–Crippen LogP) is 6.10. The molecule has 0 saturated heterocycles. The van der Waals surface area contributed by atoms with Crippen LogP contribution in [-0.2, 0) is 0 Å². The minimum atomic E-state index is 0.0541. The fourth-order valence-electron chi connectivity index (χ4n) is 4.53. The summed E-state index contributed by atoms with van der Waals surface area (Å²) in [5.74, 6) is 3.25. The molecule has 4 rings (SSSR count). The number of benzene rings is 2. The van der Waals surface area contributed by atoms with E-state index in [4.69, 9.17) is 6.42 Å². The molecule has 0 heteroatoms. The Balaban J connectivity index is 1.91. The van der Waals surface area contributed by atoms with E-state index in [9.17, 15) is 0 Å². The van der Waals surface area contributed by atoms with Crippen LogP contribution in [0, 0.1) is 17.8 Å². The van der Waals surface area contributed by atoms with E-state index in [1.165, 1.54) is 27.8 Å². The van der Waals surface area contributed by atoms with Crippen LogP contribution in [0.1, 0.15) is 43.2 Å². The average Bonchev–Trinajstić information content (AvgIpc) is 3.26. The number of terminal acetylenes is 1. The first kappa shape index (κ1) is 15.0. The van der Waals surface area contributed by atoms with E-state index in [-0.39, 0.29) is 5.41 Å². The van der Waals surface area contributed by atoms with Crippen molar-refractivity contribution in [3.63, 3.8) is 0 Å². The largest absolute Gasteiger partial charge is 0.120 e. The lowest BCUT2D eigenvalue weighted by Gasteiger charge is -2.38. The second-order valence-corrected chi connectivity index (χ2v) is 7.05. The van der Waals surface area contributed by atoms with E-state index in [0.29, 0.717) is 5.92 Å². The van der Waals surface area contributed by atoms with Crippen molar-refractivity contribution in [2.75, 3.05) is 0 Å². The van der Waals surface area contributed by atoms with Gasteiger partial charge in [0.15, 0.2) is 0 Å². The lowest BCUT2D eigenvalue weighted by Crippen LogP contribution is -2.27. The van der Waals surface area contributed by atoms with Crippen LogP contribution in [0.2, 0.25) is 0 Å². The summed E-state index contributed by atoms with van der Waals surface area (Å²) in [5.41, 5.74) is 7.23. The molecule has 2 aromatic carbocycles. The fourth-order valence-corrected chi connectivity index (χ4v) is 4.53. The Kier molecular flexibility index (Phi) is 3.66. The van der Waals surface area contributed by atoms with Crippen molar-refractivity contribution in [1.29, 1.82) is 0 Å². The molecule has 0 amide bonds. The van der Waals surface area contributed by atoms with Crippen molar-refractivity contribution < 1.29 is 0 Å². The monoisotopic (exact) mass is 310 g/mol. The molecular formula is C24H22. The Morgan fingerprint density at radius 1 is 1.04 bits per heavy atom. The van der Waals surface area contributed by atoms with Gasteiger partial charge in [-0.2, -0.15) is 0 Å². The number of fused-ring (bicyclic) bond motifs is 3. The van der Waals surface area contributed by atoms with Gasteiger partial charge < -0.3 is 0 Å². The van der Waals surface area contributed by atoms with Crippen molar-refractivity contribution in [2.24, 2.45) is 5.41 Å². The quantitative estimate of drug-likeness (QED) is 0.598. The molecule has 0 bridgehead atoms. The summed E-state index contributed by atoms with van der Waals surface area (Å²) in [5, 5.41) is 0. The Hall–Kier alpha value is -2.52. The van der Waals surface area contributed by atoms with Gasteiger partial charge in [-0.1, -0.05) is 79.3 Å². The van der Waals surface area contributed by atoms with Crippen molar-refractivity contribution in [2.45, 2.75) is 32.1 Å². The second-order valence-electron chi connectivity index (χ2n) is 7.05. The normalized spacial score (nSPS) is 17.8. The highest BCUT2D eigenvalue weighted by molar-refractivity contribution is 5.79. The minimum Gasteiger partial charge on any atom is -0.120 e. The van der Waals surface area contributed by atoms with Gasteiger partial charge in [0, 0.05) is 17.8 Å². The summed E-state index contributed by atoms with van der Waals surface area (Å²) in [4.78, 5) is 0. The molecule has 0 aromatic heterocycles. The molecule has 2 aliphatic carbocycles. The van der Waals surface area contributed by atoms with Crippen LogP contribution in [0.4, 0.5) is 0 Å². The van der Waals surface area contributed by atoms with E-state index < -0.39 is 0 Å². The summed E-state index contributed by atoms with van der Waals surface area (Å²) in [6.45, 7) is 2.41. The SMILES string of the molecule is C#CCCC(C)(C1=CC=CC1)C1c2ccccc2-c2ccccc21. The zero-order valence-electron chi connectivity index (χ0n) is 14.1. The summed E-state index contributed by atoms with van der Waals surface area (Å²) < 4.78 is 0. The lowest BCUT2D eigenvalue weighted by molar-refractivity contribution is 0.323. The molecule has 24 heavy (non-hydrogen) atoms. The van der Waals surface area contributed by atoms with Crippen LogP contribution in [-0.4, -0.2) is 0 Å². The molecule has 0 N–H and O–H groups in total. The van der Waals surface area contributed by atoms with Gasteiger partial charge in [-0.15, -0.1) is 12.3 Å². The van der Waals surface area contributed by atoms with Crippen molar-refractivity contribution in [3.05, 3.63) is 83.5 Å². The molecule has 2 aromatic rings. The van der Waals surface area contributed by atoms with Crippen LogP contribution in [0.3, 0.4) is 0 Å². The lowest BCUT2D eigenvalue weighted by atomic mass is 9.64. The van der Waals surface area contributed by atoms with Crippen LogP contribution < -0.4 is 0 Å². The predicted molar refractivity (Wildman–Crippen MR) is 102 cm³/mol. The zero-order valence-corrected chi connectivity index (χ0v) is 14.1. The molecule has 1 atom stereocenters. The maximum atomic E-state index is 5.64. The third-order valence-corrected chi connectivity index (χ3v) is 5.76. The van der Waals surface area contributed by atoms with Crippen molar-refractivity contribution >= 4 is 0 Å². The minimum absolute atomic E-state index is 0.0541. The maximum Gasteiger partial charge on any atom is 0.0193 e. The summed E-state index contributed by atoms with van der Waals surface area (Å²) in [7, 11) is 0. The molecule has 0 aliphatic heterocycles. The van der Waals surface area contributed by atoms with Gasteiger partial charge in [0.2, 0.25) is 0 Å². The molecule has 118 valence electrons. The molecule has 0 fully saturated rings. The molecule has 2 aliphatic rings. The van der Waals surface area contributed by atoms with E-state index in [1.807, 2.05) is 0 Å². The average molecular weight is 310 g/mol. The van der Waals surface area contributed by atoms with Gasteiger partial charge in [-0.05, 0) is 35.1 Å². The first-order chi connectivity index (χ1) is 11.8. The van der Waals surface area contributed by atoms with Crippen molar-refractivity contribution in [3.8, 4) is 23.5 Å². The Morgan fingerprint density at radius 2 is 1.67 bits per heavy atom. The number of hydrogen-bond donors (Lipinski definition) is 0. The van der Waals surface area contributed by atoms with E-state index in [1.54, 1.807) is 0 Å². The smallest absolute Gasteiger partial charge is 0.0193 e. The highest BCUT2D eigenvalue weighted by atomic mass is 14.5. The molecule has 0 nitrogen and oxygen atoms in total. The first-order valence-corrected chi connectivity index (χ1v) is 8.73. The van der Waals surface area contributed by atoms with Gasteiger partial charge in [0.25, 0.3) is 0 Å². The fraction of sp³-hybridized carbons (Fsp3) is 0.250. The van der Waals surface area contributed by atoms with Gasteiger partial charge in [0.05, 0.1) is 0 Å². The van der Waals surface area contributed by atoms with Gasteiger partial charge >= 0.3 is 0 Å². The number of hydrogen-bond acceptors (Lipinski definition) is 0. The third kappa shape index (κ3) is 2.16.